The lowest BCUT2D eigenvalue weighted by Gasteiger charge is -2.08. The van der Waals surface area contributed by atoms with Gasteiger partial charge in [0, 0.05) is 30.7 Å². The molecule has 0 saturated carbocycles. The van der Waals surface area contributed by atoms with Crippen LogP contribution in [0.25, 0.3) is 0 Å². The summed E-state index contributed by atoms with van der Waals surface area (Å²) in [5.74, 6) is -0.118. The smallest absolute Gasteiger partial charge is 0.225 e. The normalized spacial score (nSPS) is 10.4. The van der Waals surface area contributed by atoms with Crippen molar-refractivity contribution in [3.8, 4) is 0 Å². The predicted octanol–water partition coefficient (Wildman–Crippen LogP) is 3.51. The number of carbonyl (C=O) groups is 1. The third-order valence-electron chi connectivity index (χ3n) is 2.76. The Labute approximate surface area is 133 Å². The maximum absolute atomic E-state index is 11.8. The Morgan fingerprint density at radius 3 is 2.81 bits per heavy atom. The number of hydrogen-bond donors (Lipinski definition) is 2. The summed E-state index contributed by atoms with van der Waals surface area (Å²) >= 11 is 11.9. The quantitative estimate of drug-likeness (QED) is 0.800. The van der Waals surface area contributed by atoms with Gasteiger partial charge in [-0.2, -0.15) is 0 Å². The Morgan fingerprint density at radius 1 is 1.19 bits per heavy atom. The van der Waals surface area contributed by atoms with E-state index < -0.39 is 0 Å². The summed E-state index contributed by atoms with van der Waals surface area (Å²) in [6.45, 7) is 1.19. The van der Waals surface area contributed by atoms with Crippen LogP contribution < -0.4 is 10.6 Å². The van der Waals surface area contributed by atoms with Crippen LogP contribution in [0.3, 0.4) is 0 Å². The highest BCUT2D eigenvalue weighted by Crippen LogP contribution is 2.25. The Morgan fingerprint density at radius 2 is 2.05 bits per heavy atom. The van der Waals surface area contributed by atoms with Gasteiger partial charge in [-0.3, -0.25) is 9.78 Å². The highest BCUT2D eigenvalue weighted by molar-refractivity contribution is 6.35. The Balaban J connectivity index is 1.74. The van der Waals surface area contributed by atoms with E-state index in [0.29, 0.717) is 35.2 Å². The van der Waals surface area contributed by atoms with Gasteiger partial charge in [-0.25, -0.2) is 0 Å². The number of halogens is 2. The number of benzene rings is 1. The molecule has 0 spiro atoms. The molecule has 2 N–H and O–H groups in total. The zero-order chi connectivity index (χ0) is 15.1. The van der Waals surface area contributed by atoms with Gasteiger partial charge in [-0.1, -0.05) is 29.3 Å². The van der Waals surface area contributed by atoms with E-state index >= 15 is 0 Å². The van der Waals surface area contributed by atoms with Crippen molar-refractivity contribution in [1.29, 1.82) is 0 Å². The van der Waals surface area contributed by atoms with Crippen LogP contribution in [0, 0.1) is 0 Å². The van der Waals surface area contributed by atoms with Gasteiger partial charge in [0.15, 0.2) is 0 Å². The molecule has 2 aromatic rings. The minimum Gasteiger partial charge on any atom is -0.325 e. The number of hydrogen-bond acceptors (Lipinski definition) is 3. The second-order valence-corrected chi connectivity index (χ2v) is 5.26. The zero-order valence-corrected chi connectivity index (χ0v) is 12.8. The monoisotopic (exact) mass is 323 g/mol. The molecule has 1 aromatic carbocycles. The molecule has 0 unspecified atom stereocenters. The van der Waals surface area contributed by atoms with Gasteiger partial charge in [0.05, 0.1) is 16.4 Å². The van der Waals surface area contributed by atoms with Gasteiger partial charge >= 0.3 is 0 Å². The van der Waals surface area contributed by atoms with E-state index in [2.05, 4.69) is 15.6 Å². The Kier molecular flexibility index (Phi) is 5.99. The number of anilines is 1. The van der Waals surface area contributed by atoms with Gasteiger partial charge in [-0.15, -0.1) is 0 Å². The van der Waals surface area contributed by atoms with E-state index in [1.54, 1.807) is 24.4 Å². The average Bonchev–Trinajstić information content (AvgIpc) is 2.48. The second-order valence-electron chi connectivity index (χ2n) is 4.42. The third kappa shape index (κ3) is 5.34. The zero-order valence-electron chi connectivity index (χ0n) is 11.3. The summed E-state index contributed by atoms with van der Waals surface area (Å²) in [5.41, 5.74) is 1.47. The number of pyridine rings is 1. The molecule has 1 aromatic heterocycles. The second kappa shape index (κ2) is 7.98. The van der Waals surface area contributed by atoms with Crippen LogP contribution in [0.2, 0.25) is 10.0 Å². The van der Waals surface area contributed by atoms with Crippen LogP contribution in [-0.4, -0.2) is 17.4 Å². The van der Waals surface area contributed by atoms with Crippen molar-refractivity contribution in [2.24, 2.45) is 0 Å². The lowest BCUT2D eigenvalue weighted by Crippen LogP contribution is -2.22. The number of aromatic nitrogens is 1. The first-order valence-electron chi connectivity index (χ1n) is 6.50. The summed E-state index contributed by atoms with van der Waals surface area (Å²) in [5, 5.41) is 6.90. The van der Waals surface area contributed by atoms with E-state index in [0.717, 1.165) is 5.69 Å². The predicted molar refractivity (Wildman–Crippen MR) is 85.7 cm³/mol. The van der Waals surface area contributed by atoms with Crippen molar-refractivity contribution in [2.45, 2.75) is 13.0 Å². The van der Waals surface area contributed by atoms with Crippen LogP contribution in [0.15, 0.2) is 42.6 Å². The lowest BCUT2D eigenvalue weighted by molar-refractivity contribution is -0.116. The van der Waals surface area contributed by atoms with Crippen LogP contribution >= 0.6 is 23.2 Å². The van der Waals surface area contributed by atoms with E-state index in [-0.39, 0.29) is 5.91 Å². The summed E-state index contributed by atoms with van der Waals surface area (Å²) in [6, 6.07) is 10.7. The molecule has 2 rings (SSSR count). The molecule has 0 aliphatic rings. The van der Waals surface area contributed by atoms with E-state index in [1.165, 1.54) is 0 Å². The molecule has 0 radical (unpaired) electrons. The molecule has 0 aliphatic heterocycles. The highest BCUT2D eigenvalue weighted by atomic mass is 35.5. The molecule has 0 saturated heterocycles. The minimum atomic E-state index is -0.118. The van der Waals surface area contributed by atoms with Crippen molar-refractivity contribution in [1.82, 2.24) is 10.3 Å². The van der Waals surface area contributed by atoms with Crippen LogP contribution in [0.1, 0.15) is 12.1 Å². The fourth-order valence-corrected chi connectivity index (χ4v) is 2.06. The maximum Gasteiger partial charge on any atom is 0.225 e. The third-order valence-corrected chi connectivity index (χ3v) is 3.33. The fourth-order valence-electron chi connectivity index (χ4n) is 1.73. The standard InChI is InChI=1S/C15H15Cl2N3O/c16-11-4-5-13(17)14(9-11)20-15(21)6-8-18-10-12-3-1-2-7-19-12/h1-5,7,9,18H,6,8,10H2,(H,20,21). The number of nitrogens with zero attached hydrogens (tertiary/aromatic N) is 1. The molecule has 1 heterocycles. The molecule has 1 amide bonds. The van der Waals surface area contributed by atoms with Crippen molar-refractivity contribution in [3.63, 3.8) is 0 Å². The van der Waals surface area contributed by atoms with Crippen LogP contribution in [0.5, 0.6) is 0 Å². The van der Waals surface area contributed by atoms with Gasteiger partial charge in [-0.05, 0) is 30.3 Å². The van der Waals surface area contributed by atoms with Gasteiger partial charge in [0.2, 0.25) is 5.91 Å². The Bertz CT molecular complexity index is 605. The van der Waals surface area contributed by atoms with Crippen LogP contribution in [-0.2, 0) is 11.3 Å². The molecule has 0 aliphatic carbocycles. The topological polar surface area (TPSA) is 54.0 Å². The first kappa shape index (κ1) is 15.8. The highest BCUT2D eigenvalue weighted by Gasteiger charge is 2.06. The van der Waals surface area contributed by atoms with Crippen molar-refractivity contribution in [3.05, 3.63) is 58.3 Å². The van der Waals surface area contributed by atoms with Crippen molar-refractivity contribution < 1.29 is 4.79 Å². The van der Waals surface area contributed by atoms with Crippen molar-refractivity contribution in [2.75, 3.05) is 11.9 Å². The molecule has 110 valence electrons. The van der Waals surface area contributed by atoms with E-state index in [9.17, 15) is 4.79 Å². The van der Waals surface area contributed by atoms with Crippen molar-refractivity contribution >= 4 is 34.8 Å². The maximum atomic E-state index is 11.8. The molecule has 0 atom stereocenters. The van der Waals surface area contributed by atoms with Gasteiger partial charge < -0.3 is 10.6 Å². The van der Waals surface area contributed by atoms with Gasteiger partial charge in [0.1, 0.15) is 0 Å². The Hall–Kier alpha value is -1.62. The first-order valence-corrected chi connectivity index (χ1v) is 7.26. The molecular formula is C15H15Cl2N3O. The molecule has 0 bridgehead atoms. The SMILES string of the molecule is O=C(CCNCc1ccccn1)Nc1cc(Cl)ccc1Cl. The number of rotatable bonds is 6. The number of carbonyl (C=O) groups excluding carboxylic acids is 1. The summed E-state index contributed by atoms with van der Waals surface area (Å²) in [4.78, 5) is 16.0. The van der Waals surface area contributed by atoms with Gasteiger partial charge in [0.25, 0.3) is 0 Å². The fraction of sp³-hybridized carbons (Fsp3) is 0.200. The van der Waals surface area contributed by atoms with Crippen LogP contribution in [0.4, 0.5) is 5.69 Å². The minimum absolute atomic E-state index is 0.118. The van der Waals surface area contributed by atoms with E-state index in [1.807, 2.05) is 18.2 Å². The average molecular weight is 324 g/mol. The molecular weight excluding hydrogens is 309 g/mol. The lowest BCUT2D eigenvalue weighted by atomic mass is 10.3. The number of amides is 1. The summed E-state index contributed by atoms with van der Waals surface area (Å²) in [7, 11) is 0. The first-order chi connectivity index (χ1) is 10.1. The summed E-state index contributed by atoms with van der Waals surface area (Å²) in [6.07, 6.45) is 2.08. The van der Waals surface area contributed by atoms with E-state index in [4.69, 9.17) is 23.2 Å². The summed E-state index contributed by atoms with van der Waals surface area (Å²) < 4.78 is 0. The molecule has 21 heavy (non-hydrogen) atoms. The molecule has 4 nitrogen and oxygen atoms in total. The molecule has 6 heteroatoms. The molecule has 0 fully saturated rings. The number of nitrogens with one attached hydrogen (secondary N) is 2. The largest absolute Gasteiger partial charge is 0.325 e.